The summed E-state index contributed by atoms with van der Waals surface area (Å²) in [6.45, 7) is 2.94. The minimum atomic E-state index is -0.373. The average molecular weight is 284 g/mol. The van der Waals surface area contributed by atoms with Crippen LogP contribution in [0.25, 0.3) is 0 Å². The Morgan fingerprint density at radius 2 is 2.00 bits per heavy atom. The summed E-state index contributed by atoms with van der Waals surface area (Å²) in [6.07, 6.45) is 2.62. The summed E-state index contributed by atoms with van der Waals surface area (Å²) in [7, 11) is 1.37. The van der Waals surface area contributed by atoms with E-state index in [1.165, 1.54) is 12.7 Å². The first-order valence-electron chi connectivity index (χ1n) is 7.04. The van der Waals surface area contributed by atoms with Crippen LogP contribution in [0.15, 0.2) is 48.7 Å². The van der Waals surface area contributed by atoms with Gasteiger partial charge in [0, 0.05) is 12.7 Å². The van der Waals surface area contributed by atoms with E-state index < -0.39 is 0 Å². The first-order chi connectivity index (χ1) is 10.2. The number of carbonyl (C=O) groups is 1. The predicted molar refractivity (Wildman–Crippen MR) is 83.5 cm³/mol. The Balaban J connectivity index is 1.93. The van der Waals surface area contributed by atoms with Crippen LogP contribution >= 0.6 is 0 Å². The number of benzene rings is 1. The number of carbonyl (C=O) groups excluding carboxylic acids is 1. The van der Waals surface area contributed by atoms with Crippen molar-refractivity contribution in [2.45, 2.75) is 19.3 Å². The highest BCUT2D eigenvalue weighted by Gasteiger charge is 2.12. The number of rotatable bonds is 6. The van der Waals surface area contributed by atoms with Crippen molar-refractivity contribution in [2.24, 2.45) is 0 Å². The van der Waals surface area contributed by atoms with Crippen molar-refractivity contribution >= 4 is 11.8 Å². The predicted octanol–water partition coefficient (Wildman–Crippen LogP) is 3.47. The van der Waals surface area contributed by atoms with Crippen LogP contribution in [0.5, 0.6) is 0 Å². The second-order valence-electron chi connectivity index (χ2n) is 4.92. The van der Waals surface area contributed by atoms with Crippen molar-refractivity contribution in [2.75, 3.05) is 19.0 Å². The molecular weight excluding hydrogens is 264 g/mol. The van der Waals surface area contributed by atoms with Crippen LogP contribution < -0.4 is 5.32 Å². The Labute approximate surface area is 125 Å². The number of aromatic nitrogens is 1. The van der Waals surface area contributed by atoms with E-state index in [1.54, 1.807) is 18.3 Å². The topological polar surface area (TPSA) is 51.2 Å². The molecule has 110 valence electrons. The van der Waals surface area contributed by atoms with Crippen molar-refractivity contribution in [3.05, 3.63) is 59.8 Å². The van der Waals surface area contributed by atoms with Gasteiger partial charge in [-0.3, -0.25) is 0 Å². The molecule has 1 N–H and O–H groups in total. The largest absolute Gasteiger partial charge is 0.465 e. The molecule has 1 unspecified atom stereocenters. The van der Waals surface area contributed by atoms with Gasteiger partial charge in [0.1, 0.15) is 11.4 Å². The molecule has 4 nitrogen and oxygen atoms in total. The molecule has 0 saturated heterocycles. The first-order valence-corrected chi connectivity index (χ1v) is 7.04. The number of pyridine rings is 1. The fraction of sp³-hybridized carbons (Fsp3) is 0.294. The van der Waals surface area contributed by atoms with Crippen LogP contribution in [-0.4, -0.2) is 24.6 Å². The third-order valence-electron chi connectivity index (χ3n) is 3.45. The highest BCUT2D eigenvalue weighted by molar-refractivity contribution is 5.94. The molecule has 1 aromatic heterocycles. The molecule has 0 aliphatic rings. The van der Waals surface area contributed by atoms with Gasteiger partial charge < -0.3 is 10.1 Å². The zero-order chi connectivity index (χ0) is 15.1. The lowest BCUT2D eigenvalue weighted by atomic mass is 9.98. The number of hydrogen-bond donors (Lipinski definition) is 1. The average Bonchev–Trinajstić information content (AvgIpc) is 2.55. The summed E-state index contributed by atoms with van der Waals surface area (Å²) >= 11 is 0. The van der Waals surface area contributed by atoms with E-state index >= 15 is 0 Å². The van der Waals surface area contributed by atoms with Crippen molar-refractivity contribution < 1.29 is 9.53 Å². The minimum Gasteiger partial charge on any atom is -0.465 e. The van der Waals surface area contributed by atoms with Crippen molar-refractivity contribution in [1.82, 2.24) is 4.98 Å². The number of ether oxygens (including phenoxy) is 1. The number of anilines is 1. The molecule has 1 aromatic carbocycles. The lowest BCUT2D eigenvalue weighted by Crippen LogP contribution is -2.12. The molecule has 0 radical (unpaired) electrons. The van der Waals surface area contributed by atoms with Gasteiger partial charge in [-0.15, -0.1) is 0 Å². The second-order valence-corrected chi connectivity index (χ2v) is 4.92. The maximum atomic E-state index is 11.7. The second kappa shape index (κ2) is 7.43. The summed E-state index contributed by atoms with van der Waals surface area (Å²) in [4.78, 5) is 15.9. The van der Waals surface area contributed by atoms with E-state index in [9.17, 15) is 4.79 Å². The zero-order valence-electron chi connectivity index (χ0n) is 12.4. The lowest BCUT2D eigenvalue weighted by Gasteiger charge is -2.14. The quantitative estimate of drug-likeness (QED) is 0.825. The highest BCUT2D eigenvalue weighted by atomic mass is 16.5. The molecule has 1 atom stereocenters. The summed E-state index contributed by atoms with van der Waals surface area (Å²) in [6, 6.07) is 13.8. The molecule has 0 fully saturated rings. The van der Waals surface area contributed by atoms with Gasteiger partial charge >= 0.3 is 5.97 Å². The number of esters is 1. The third-order valence-corrected chi connectivity index (χ3v) is 3.45. The number of nitrogens with zero attached hydrogens (tertiary/aromatic N) is 1. The molecule has 21 heavy (non-hydrogen) atoms. The molecule has 0 spiro atoms. The minimum absolute atomic E-state index is 0.373. The van der Waals surface area contributed by atoms with Gasteiger partial charge in [0.2, 0.25) is 0 Å². The third kappa shape index (κ3) is 4.05. The standard InChI is InChI=1S/C17H20N2O2/c1-13(14-7-4-3-5-8-14)10-12-19-16-15(17(20)21-2)9-6-11-18-16/h3-9,11,13H,10,12H2,1-2H3,(H,18,19). The monoisotopic (exact) mass is 284 g/mol. The molecule has 0 aliphatic heterocycles. The maximum absolute atomic E-state index is 11.7. The van der Waals surface area contributed by atoms with Gasteiger partial charge in [0.05, 0.1) is 7.11 Å². The number of nitrogens with one attached hydrogen (secondary N) is 1. The van der Waals surface area contributed by atoms with E-state index in [-0.39, 0.29) is 5.97 Å². The van der Waals surface area contributed by atoms with E-state index in [2.05, 4.69) is 29.4 Å². The van der Waals surface area contributed by atoms with E-state index in [1.807, 2.05) is 18.2 Å². The Bertz CT molecular complexity index is 584. The Morgan fingerprint density at radius 3 is 2.71 bits per heavy atom. The molecule has 0 aliphatic carbocycles. The Morgan fingerprint density at radius 1 is 1.24 bits per heavy atom. The van der Waals surface area contributed by atoms with E-state index in [0.29, 0.717) is 17.3 Å². The summed E-state index contributed by atoms with van der Waals surface area (Å²) in [5.74, 6) is 0.648. The number of methoxy groups -OCH3 is 1. The highest BCUT2D eigenvalue weighted by Crippen LogP contribution is 2.19. The van der Waals surface area contributed by atoms with Gasteiger partial charge in [-0.05, 0) is 30.0 Å². The molecule has 0 bridgehead atoms. The van der Waals surface area contributed by atoms with Gasteiger partial charge in [-0.2, -0.15) is 0 Å². The zero-order valence-corrected chi connectivity index (χ0v) is 12.4. The summed E-state index contributed by atoms with van der Waals surface area (Å²) in [5, 5.41) is 3.22. The van der Waals surface area contributed by atoms with Gasteiger partial charge in [0.15, 0.2) is 0 Å². The number of hydrogen-bond acceptors (Lipinski definition) is 4. The normalized spacial score (nSPS) is 11.7. The first kappa shape index (κ1) is 15.0. The molecule has 0 amide bonds. The van der Waals surface area contributed by atoms with Crippen LogP contribution in [0.2, 0.25) is 0 Å². The van der Waals surface area contributed by atoms with E-state index in [4.69, 9.17) is 4.74 Å². The van der Waals surface area contributed by atoms with Crippen molar-refractivity contribution in [1.29, 1.82) is 0 Å². The van der Waals surface area contributed by atoms with Crippen LogP contribution in [0.3, 0.4) is 0 Å². The fourth-order valence-electron chi connectivity index (χ4n) is 2.18. The van der Waals surface area contributed by atoms with E-state index in [0.717, 1.165) is 13.0 Å². The Kier molecular flexibility index (Phi) is 5.32. The van der Waals surface area contributed by atoms with Crippen LogP contribution in [0.1, 0.15) is 35.2 Å². The lowest BCUT2D eigenvalue weighted by molar-refractivity contribution is 0.0601. The molecule has 0 saturated carbocycles. The SMILES string of the molecule is COC(=O)c1cccnc1NCCC(C)c1ccccc1. The fourth-order valence-corrected chi connectivity index (χ4v) is 2.18. The van der Waals surface area contributed by atoms with Crippen LogP contribution in [0.4, 0.5) is 5.82 Å². The molecule has 4 heteroatoms. The van der Waals surface area contributed by atoms with Crippen LogP contribution in [-0.2, 0) is 4.74 Å². The maximum Gasteiger partial charge on any atom is 0.341 e. The van der Waals surface area contributed by atoms with Gasteiger partial charge in [0.25, 0.3) is 0 Å². The molecule has 2 aromatic rings. The van der Waals surface area contributed by atoms with Crippen LogP contribution in [0, 0.1) is 0 Å². The summed E-state index contributed by atoms with van der Waals surface area (Å²) in [5.41, 5.74) is 1.78. The van der Waals surface area contributed by atoms with Gasteiger partial charge in [-0.25, -0.2) is 9.78 Å². The van der Waals surface area contributed by atoms with Crippen molar-refractivity contribution in [3.63, 3.8) is 0 Å². The molecule has 1 heterocycles. The molecular formula is C17H20N2O2. The summed E-state index contributed by atoms with van der Waals surface area (Å²) < 4.78 is 4.75. The molecule has 2 rings (SSSR count). The van der Waals surface area contributed by atoms with Crippen molar-refractivity contribution in [3.8, 4) is 0 Å². The smallest absolute Gasteiger partial charge is 0.341 e. The Hall–Kier alpha value is -2.36. The van der Waals surface area contributed by atoms with Gasteiger partial charge in [-0.1, -0.05) is 37.3 Å².